The number of hydrogen-bond acceptors (Lipinski definition) is 8. The van der Waals surface area contributed by atoms with Crippen LogP contribution >= 0.6 is 0 Å². The molecule has 0 aliphatic heterocycles. The van der Waals surface area contributed by atoms with E-state index in [0.717, 1.165) is 0 Å². The standard InChI is InChI=1S/2C4H6O6.K.Na.2H/c2*5-1(3(7)8)2(6)4(9)10;;;;/h2*1-2,5-6H,(H,7,8)(H,9,10);;;;. The van der Waals surface area contributed by atoms with Crippen LogP contribution in [-0.4, -0.2) is 170 Å². The third-order valence-corrected chi connectivity index (χ3v) is 1.61. The molecule has 12 nitrogen and oxygen atoms in total. The molecule has 0 fully saturated rings. The van der Waals surface area contributed by atoms with Crippen molar-refractivity contribution in [2.75, 3.05) is 0 Å². The second kappa shape index (κ2) is 14.9. The summed E-state index contributed by atoms with van der Waals surface area (Å²) in [6.07, 6.45) is -9.06. The van der Waals surface area contributed by atoms with Gasteiger partial charge in [-0.1, -0.05) is 0 Å². The molecule has 0 rings (SSSR count). The molecule has 120 valence electrons. The summed E-state index contributed by atoms with van der Waals surface area (Å²) in [5.74, 6) is -7.07. The van der Waals surface area contributed by atoms with Crippen LogP contribution in [-0.2, 0) is 19.2 Å². The average Bonchev–Trinajstić information content (AvgIpc) is 2.35. The number of aliphatic hydroxyl groups is 4. The minimum absolute atomic E-state index is 0. The first-order valence-electron chi connectivity index (χ1n) is 4.57. The van der Waals surface area contributed by atoms with Crippen molar-refractivity contribution in [3.8, 4) is 0 Å². The van der Waals surface area contributed by atoms with Gasteiger partial charge in [-0.15, -0.1) is 0 Å². The zero-order chi connectivity index (χ0) is 16.6. The SMILES string of the molecule is O=C(O)C(O)C(O)C(=O)O.O=C(O)C(O)C(O)C(=O)O.[KH].[NaH]. The van der Waals surface area contributed by atoms with Crippen molar-refractivity contribution in [3.63, 3.8) is 0 Å². The molecule has 4 unspecified atom stereocenters. The Labute approximate surface area is 187 Å². The van der Waals surface area contributed by atoms with Gasteiger partial charge in [-0.05, 0) is 0 Å². The first kappa shape index (κ1) is 30.3. The first-order valence-corrected chi connectivity index (χ1v) is 4.57. The molecule has 0 saturated carbocycles. The number of aliphatic hydroxyl groups excluding tert-OH is 4. The van der Waals surface area contributed by atoms with Gasteiger partial charge in [0.15, 0.2) is 24.4 Å². The fourth-order valence-electron chi connectivity index (χ4n) is 0.540. The van der Waals surface area contributed by atoms with E-state index >= 15 is 0 Å². The van der Waals surface area contributed by atoms with Crippen molar-refractivity contribution < 1.29 is 60.0 Å². The van der Waals surface area contributed by atoms with Gasteiger partial charge in [0, 0.05) is 0 Å². The van der Waals surface area contributed by atoms with Crippen LogP contribution in [0.25, 0.3) is 0 Å². The molecule has 0 radical (unpaired) electrons. The molecule has 0 spiro atoms. The molecule has 0 amide bonds. The van der Waals surface area contributed by atoms with E-state index < -0.39 is 48.3 Å². The Morgan fingerprint density at radius 1 is 0.500 bits per heavy atom. The Hall–Kier alpha value is 0.356. The monoisotopic (exact) mass is 364 g/mol. The topological polar surface area (TPSA) is 230 Å². The third-order valence-electron chi connectivity index (χ3n) is 1.61. The molecule has 0 aliphatic rings. The van der Waals surface area contributed by atoms with E-state index in [0.29, 0.717) is 0 Å². The second-order valence-corrected chi connectivity index (χ2v) is 3.13. The zero-order valence-corrected chi connectivity index (χ0v) is 9.52. The van der Waals surface area contributed by atoms with Crippen LogP contribution in [0.5, 0.6) is 0 Å². The van der Waals surface area contributed by atoms with Gasteiger partial charge in [-0.2, -0.15) is 0 Å². The molecule has 0 aliphatic carbocycles. The summed E-state index contributed by atoms with van der Waals surface area (Å²) in [4.78, 5) is 39.1. The Bertz CT molecular complexity index is 315. The number of carboxylic acid groups (broad SMARTS) is 4. The van der Waals surface area contributed by atoms with E-state index in [4.69, 9.17) is 40.9 Å². The molecule has 4 atom stereocenters. The molecular weight excluding hydrogens is 350 g/mol. The van der Waals surface area contributed by atoms with Crippen LogP contribution < -0.4 is 0 Å². The van der Waals surface area contributed by atoms with Gasteiger partial charge in [-0.25, -0.2) is 19.2 Å². The fraction of sp³-hybridized carbons (Fsp3) is 0.500. The van der Waals surface area contributed by atoms with Gasteiger partial charge in [0.1, 0.15) is 0 Å². The van der Waals surface area contributed by atoms with E-state index in [2.05, 4.69) is 0 Å². The molecule has 0 aromatic rings. The quantitative estimate of drug-likeness (QED) is 0.206. The summed E-state index contributed by atoms with van der Waals surface area (Å²) in [5, 5.41) is 65.1. The molecule has 14 heteroatoms. The third kappa shape index (κ3) is 12.9. The molecular formula is C8H14KNaO12. The fourth-order valence-corrected chi connectivity index (χ4v) is 0.540. The average molecular weight is 364 g/mol. The normalized spacial score (nSPS) is 14.4. The number of aliphatic carboxylic acids is 4. The van der Waals surface area contributed by atoms with Crippen molar-refractivity contribution >= 4 is 105 Å². The van der Waals surface area contributed by atoms with Crippen LogP contribution in [0.2, 0.25) is 0 Å². The van der Waals surface area contributed by atoms with Crippen molar-refractivity contribution in [2.24, 2.45) is 0 Å². The van der Waals surface area contributed by atoms with E-state index in [-0.39, 0.29) is 80.9 Å². The Morgan fingerprint density at radius 2 is 0.591 bits per heavy atom. The molecule has 0 bridgehead atoms. The van der Waals surface area contributed by atoms with Crippen LogP contribution in [0, 0.1) is 0 Å². The molecule has 8 N–H and O–H groups in total. The molecule has 0 aromatic heterocycles. The number of carbonyl (C=O) groups is 4. The van der Waals surface area contributed by atoms with Crippen molar-refractivity contribution in [1.82, 2.24) is 0 Å². The van der Waals surface area contributed by atoms with Crippen LogP contribution in [0.15, 0.2) is 0 Å². The second-order valence-electron chi connectivity index (χ2n) is 3.13. The van der Waals surface area contributed by atoms with Crippen LogP contribution in [0.3, 0.4) is 0 Å². The first-order chi connectivity index (χ1) is 8.93. The van der Waals surface area contributed by atoms with Crippen LogP contribution in [0.4, 0.5) is 0 Å². The Balaban J connectivity index is -0.000000135. The summed E-state index contributed by atoms with van der Waals surface area (Å²) in [6.45, 7) is 0. The predicted molar refractivity (Wildman–Crippen MR) is 68.9 cm³/mol. The van der Waals surface area contributed by atoms with E-state index in [1.807, 2.05) is 0 Å². The van der Waals surface area contributed by atoms with E-state index in [1.165, 1.54) is 0 Å². The predicted octanol–water partition coefficient (Wildman–Crippen LogP) is -5.54. The summed E-state index contributed by atoms with van der Waals surface area (Å²) in [7, 11) is 0. The zero-order valence-electron chi connectivity index (χ0n) is 9.52. The Morgan fingerprint density at radius 3 is 0.636 bits per heavy atom. The summed E-state index contributed by atoms with van der Waals surface area (Å²) >= 11 is 0. The van der Waals surface area contributed by atoms with Gasteiger partial charge >= 0.3 is 105 Å². The minimum atomic E-state index is -2.27. The summed E-state index contributed by atoms with van der Waals surface area (Å²) in [6, 6.07) is 0. The van der Waals surface area contributed by atoms with Crippen LogP contribution in [0.1, 0.15) is 0 Å². The van der Waals surface area contributed by atoms with Gasteiger partial charge in [0.05, 0.1) is 0 Å². The van der Waals surface area contributed by atoms with Gasteiger partial charge in [0.25, 0.3) is 0 Å². The maximum atomic E-state index is 9.77. The van der Waals surface area contributed by atoms with E-state index in [1.54, 1.807) is 0 Å². The Kier molecular flexibility index (Phi) is 20.5. The van der Waals surface area contributed by atoms with Crippen molar-refractivity contribution in [3.05, 3.63) is 0 Å². The molecule has 0 saturated heterocycles. The van der Waals surface area contributed by atoms with E-state index in [9.17, 15) is 19.2 Å². The van der Waals surface area contributed by atoms with Gasteiger partial charge in [-0.3, -0.25) is 0 Å². The number of carboxylic acids is 4. The summed E-state index contributed by atoms with van der Waals surface area (Å²) in [5.41, 5.74) is 0. The van der Waals surface area contributed by atoms with Gasteiger partial charge in [0.2, 0.25) is 0 Å². The number of hydrogen-bond donors (Lipinski definition) is 8. The molecule has 22 heavy (non-hydrogen) atoms. The summed E-state index contributed by atoms with van der Waals surface area (Å²) < 4.78 is 0. The maximum absolute atomic E-state index is 9.77. The molecule has 0 aromatic carbocycles. The number of rotatable bonds is 6. The molecule has 0 heterocycles. The van der Waals surface area contributed by atoms with Crippen molar-refractivity contribution in [2.45, 2.75) is 24.4 Å². The van der Waals surface area contributed by atoms with Gasteiger partial charge < -0.3 is 40.9 Å². The van der Waals surface area contributed by atoms with Crippen molar-refractivity contribution in [1.29, 1.82) is 0 Å².